The Morgan fingerprint density at radius 3 is 2.76 bits per heavy atom. The molecule has 124 valence electrons. The lowest BCUT2D eigenvalue weighted by Gasteiger charge is -2.06. The number of hydrogen-bond donors (Lipinski definition) is 1. The van der Waals surface area contributed by atoms with Crippen LogP contribution in [0.5, 0.6) is 0 Å². The van der Waals surface area contributed by atoms with Crippen molar-refractivity contribution in [1.82, 2.24) is 14.5 Å². The van der Waals surface area contributed by atoms with Crippen LogP contribution in [0.4, 0.5) is 5.69 Å². The van der Waals surface area contributed by atoms with Gasteiger partial charge in [-0.05, 0) is 36.2 Å². The maximum Gasteiger partial charge on any atom is 0.275 e. The Labute approximate surface area is 152 Å². The third kappa shape index (κ3) is 2.50. The maximum atomic E-state index is 12.9. The lowest BCUT2D eigenvalue weighted by atomic mass is 10.1. The molecule has 0 saturated carbocycles. The highest BCUT2D eigenvalue weighted by atomic mass is 35.5. The summed E-state index contributed by atoms with van der Waals surface area (Å²) in [6.45, 7) is 3.73. The third-order valence-corrected chi connectivity index (χ3v) is 5.33. The molecular weight excluding hydrogens is 356 g/mol. The van der Waals surface area contributed by atoms with Crippen molar-refractivity contribution in [3.8, 4) is 5.69 Å². The molecule has 0 saturated heterocycles. The standard InChI is InChI=1S/C18H13ClN4OS/c1-2-3-10-8-21-17-13(14(10)20)15-16(25-17)18(24)23(9-22-15)12-6-4-11(19)5-7-12/h2,4-9H,1,3H2,(H2,20,21). The first-order valence-corrected chi connectivity index (χ1v) is 8.73. The largest absolute Gasteiger partial charge is 0.398 e. The van der Waals surface area contributed by atoms with Gasteiger partial charge in [0.25, 0.3) is 5.56 Å². The van der Waals surface area contributed by atoms with Crippen molar-refractivity contribution >= 4 is 49.1 Å². The maximum absolute atomic E-state index is 12.9. The number of nitrogen functional groups attached to an aromatic ring is 1. The Morgan fingerprint density at radius 2 is 2.04 bits per heavy atom. The quantitative estimate of drug-likeness (QED) is 0.555. The van der Waals surface area contributed by atoms with Crippen molar-refractivity contribution in [3.63, 3.8) is 0 Å². The number of pyridine rings is 1. The van der Waals surface area contributed by atoms with E-state index in [1.807, 2.05) is 0 Å². The molecule has 0 aliphatic heterocycles. The fraction of sp³-hybridized carbons (Fsp3) is 0.0556. The molecule has 0 aliphatic rings. The number of allylic oxidation sites excluding steroid dienone is 1. The number of benzene rings is 1. The molecule has 0 aliphatic carbocycles. The van der Waals surface area contributed by atoms with Gasteiger partial charge in [0.15, 0.2) is 0 Å². The molecule has 5 nitrogen and oxygen atoms in total. The van der Waals surface area contributed by atoms with Crippen LogP contribution < -0.4 is 11.3 Å². The Kier molecular flexibility index (Phi) is 3.78. The van der Waals surface area contributed by atoms with Gasteiger partial charge in [-0.3, -0.25) is 9.36 Å². The predicted octanol–water partition coefficient (Wildman–Crippen LogP) is 3.96. The van der Waals surface area contributed by atoms with E-state index in [1.54, 1.807) is 36.5 Å². The molecule has 0 amide bonds. The van der Waals surface area contributed by atoms with Gasteiger partial charge in [0.2, 0.25) is 0 Å². The van der Waals surface area contributed by atoms with E-state index in [-0.39, 0.29) is 5.56 Å². The highest BCUT2D eigenvalue weighted by molar-refractivity contribution is 7.25. The lowest BCUT2D eigenvalue weighted by molar-refractivity contribution is 0.968. The molecule has 7 heteroatoms. The number of halogens is 1. The fourth-order valence-electron chi connectivity index (χ4n) is 2.76. The van der Waals surface area contributed by atoms with Crippen molar-refractivity contribution in [2.45, 2.75) is 6.42 Å². The van der Waals surface area contributed by atoms with Crippen LogP contribution in [-0.2, 0) is 6.42 Å². The number of hydrogen-bond acceptors (Lipinski definition) is 5. The predicted molar refractivity (Wildman–Crippen MR) is 104 cm³/mol. The minimum absolute atomic E-state index is 0.153. The van der Waals surface area contributed by atoms with E-state index in [4.69, 9.17) is 17.3 Å². The van der Waals surface area contributed by atoms with Crippen molar-refractivity contribution < 1.29 is 0 Å². The number of rotatable bonds is 3. The molecule has 25 heavy (non-hydrogen) atoms. The monoisotopic (exact) mass is 368 g/mol. The van der Waals surface area contributed by atoms with Gasteiger partial charge in [0.05, 0.1) is 16.6 Å². The van der Waals surface area contributed by atoms with Gasteiger partial charge in [0, 0.05) is 16.9 Å². The number of thiophene rings is 1. The number of fused-ring (bicyclic) bond motifs is 3. The minimum atomic E-state index is -0.153. The summed E-state index contributed by atoms with van der Waals surface area (Å²) in [5.41, 5.74) is 8.91. The summed E-state index contributed by atoms with van der Waals surface area (Å²) < 4.78 is 2.02. The number of anilines is 1. The molecule has 4 aromatic rings. The van der Waals surface area contributed by atoms with Crippen LogP contribution in [0, 0.1) is 0 Å². The number of nitrogens with two attached hydrogens (primary N) is 1. The van der Waals surface area contributed by atoms with Crippen LogP contribution in [0.2, 0.25) is 5.02 Å². The van der Waals surface area contributed by atoms with Gasteiger partial charge in [-0.2, -0.15) is 0 Å². The van der Waals surface area contributed by atoms with Crippen LogP contribution in [0.3, 0.4) is 0 Å². The molecule has 0 spiro atoms. The normalized spacial score (nSPS) is 11.2. The minimum Gasteiger partial charge on any atom is -0.398 e. The molecule has 3 aromatic heterocycles. The first-order chi connectivity index (χ1) is 12.1. The first kappa shape index (κ1) is 15.8. The summed E-state index contributed by atoms with van der Waals surface area (Å²) in [5.74, 6) is 0. The summed E-state index contributed by atoms with van der Waals surface area (Å²) in [4.78, 5) is 22.6. The molecule has 0 bridgehead atoms. The lowest BCUT2D eigenvalue weighted by Crippen LogP contribution is -2.17. The van der Waals surface area contributed by atoms with Gasteiger partial charge >= 0.3 is 0 Å². The number of nitrogens with zero attached hydrogens (tertiary/aromatic N) is 3. The van der Waals surface area contributed by atoms with Gasteiger partial charge in [-0.15, -0.1) is 17.9 Å². The molecule has 4 rings (SSSR count). The molecule has 0 fully saturated rings. The zero-order valence-electron chi connectivity index (χ0n) is 13.1. The van der Waals surface area contributed by atoms with E-state index in [0.717, 1.165) is 10.9 Å². The zero-order valence-corrected chi connectivity index (χ0v) is 14.6. The molecule has 0 unspecified atom stereocenters. The average molecular weight is 369 g/mol. The van der Waals surface area contributed by atoms with E-state index in [2.05, 4.69) is 16.5 Å². The van der Waals surface area contributed by atoms with Crippen molar-refractivity contribution in [2.24, 2.45) is 0 Å². The highest BCUT2D eigenvalue weighted by Gasteiger charge is 2.17. The fourth-order valence-corrected chi connectivity index (χ4v) is 3.93. The Hall–Kier alpha value is -2.70. The second kappa shape index (κ2) is 5.98. The Morgan fingerprint density at radius 1 is 1.28 bits per heavy atom. The molecule has 0 atom stereocenters. The van der Waals surface area contributed by atoms with Crippen LogP contribution in [0.25, 0.3) is 26.1 Å². The van der Waals surface area contributed by atoms with Crippen LogP contribution in [-0.4, -0.2) is 14.5 Å². The molecule has 3 heterocycles. The van der Waals surface area contributed by atoms with E-state index in [1.165, 1.54) is 22.2 Å². The summed E-state index contributed by atoms with van der Waals surface area (Å²) in [7, 11) is 0. The topological polar surface area (TPSA) is 73.8 Å². The Bertz CT molecular complexity index is 1180. The van der Waals surface area contributed by atoms with E-state index in [0.29, 0.717) is 37.9 Å². The van der Waals surface area contributed by atoms with Gasteiger partial charge < -0.3 is 5.73 Å². The molecule has 0 radical (unpaired) electrons. The summed E-state index contributed by atoms with van der Waals surface area (Å²) >= 11 is 7.22. The molecular formula is C18H13ClN4OS. The highest BCUT2D eigenvalue weighted by Crippen LogP contribution is 2.34. The van der Waals surface area contributed by atoms with Gasteiger partial charge in [0.1, 0.15) is 15.9 Å². The van der Waals surface area contributed by atoms with Crippen molar-refractivity contribution in [3.05, 3.63) is 70.4 Å². The van der Waals surface area contributed by atoms with Crippen molar-refractivity contribution in [1.29, 1.82) is 0 Å². The van der Waals surface area contributed by atoms with E-state index < -0.39 is 0 Å². The zero-order chi connectivity index (χ0) is 17.6. The second-order valence-corrected chi connectivity index (χ2v) is 6.98. The first-order valence-electron chi connectivity index (χ1n) is 7.54. The van der Waals surface area contributed by atoms with Crippen LogP contribution in [0.15, 0.2) is 54.2 Å². The molecule has 1 aromatic carbocycles. The third-order valence-electron chi connectivity index (χ3n) is 4.00. The van der Waals surface area contributed by atoms with Crippen molar-refractivity contribution in [2.75, 3.05) is 5.73 Å². The summed E-state index contributed by atoms with van der Waals surface area (Å²) in [5, 5.41) is 1.35. The smallest absolute Gasteiger partial charge is 0.275 e. The summed E-state index contributed by atoms with van der Waals surface area (Å²) in [6, 6.07) is 7.03. The SMILES string of the molecule is C=CCc1cnc2sc3c(=O)n(-c4ccc(Cl)cc4)cnc3c2c1N. The second-order valence-electron chi connectivity index (χ2n) is 5.55. The van der Waals surface area contributed by atoms with Crippen LogP contribution >= 0.6 is 22.9 Å². The van der Waals surface area contributed by atoms with Gasteiger partial charge in [-0.25, -0.2) is 9.97 Å². The molecule has 2 N–H and O–H groups in total. The van der Waals surface area contributed by atoms with E-state index in [9.17, 15) is 4.79 Å². The van der Waals surface area contributed by atoms with E-state index >= 15 is 0 Å². The van der Waals surface area contributed by atoms with Gasteiger partial charge in [-0.1, -0.05) is 17.7 Å². The summed E-state index contributed by atoms with van der Waals surface area (Å²) in [6.07, 6.45) is 5.63. The van der Waals surface area contributed by atoms with Crippen LogP contribution in [0.1, 0.15) is 5.56 Å². The number of aromatic nitrogens is 3. The Balaban J connectivity index is 2.00. The average Bonchev–Trinajstić information content (AvgIpc) is 2.99.